The van der Waals surface area contributed by atoms with E-state index in [2.05, 4.69) is 25.8 Å². The van der Waals surface area contributed by atoms with E-state index >= 15 is 0 Å². The Morgan fingerprint density at radius 2 is 1.88 bits per heavy atom. The molecule has 2 atom stereocenters. The Labute approximate surface area is 96.3 Å². The first-order valence-corrected chi connectivity index (χ1v) is 5.53. The molecule has 16 heavy (non-hydrogen) atoms. The standard InChI is InChI=1S/C13H18N2O/c1-13(2,3)11-8-10(14)12(16-11)9-4-6-15-7-5-9/h4-8,10,12H,14H2,1-3H3. The number of hydrogen-bond donors (Lipinski definition) is 1. The van der Waals surface area contributed by atoms with E-state index < -0.39 is 0 Å². The molecular weight excluding hydrogens is 200 g/mol. The number of hydrogen-bond acceptors (Lipinski definition) is 3. The van der Waals surface area contributed by atoms with E-state index in [1.807, 2.05) is 18.2 Å². The Balaban J connectivity index is 2.19. The number of aromatic nitrogens is 1. The van der Waals surface area contributed by atoms with Crippen molar-refractivity contribution < 1.29 is 4.74 Å². The Bertz CT molecular complexity index is 392. The summed E-state index contributed by atoms with van der Waals surface area (Å²) in [7, 11) is 0. The monoisotopic (exact) mass is 218 g/mol. The molecule has 2 N–H and O–H groups in total. The van der Waals surface area contributed by atoms with Gasteiger partial charge >= 0.3 is 0 Å². The molecule has 3 nitrogen and oxygen atoms in total. The molecule has 2 rings (SSSR count). The zero-order chi connectivity index (χ0) is 11.8. The largest absolute Gasteiger partial charge is 0.488 e. The van der Waals surface area contributed by atoms with E-state index in [1.54, 1.807) is 12.4 Å². The van der Waals surface area contributed by atoms with Crippen LogP contribution in [-0.4, -0.2) is 11.0 Å². The summed E-state index contributed by atoms with van der Waals surface area (Å²) in [4.78, 5) is 4.00. The van der Waals surface area contributed by atoms with Crippen LogP contribution in [-0.2, 0) is 4.74 Å². The van der Waals surface area contributed by atoms with Crippen molar-refractivity contribution in [1.82, 2.24) is 4.98 Å². The quantitative estimate of drug-likeness (QED) is 0.787. The molecule has 0 radical (unpaired) electrons. The second-order valence-corrected chi connectivity index (χ2v) is 5.18. The lowest BCUT2D eigenvalue weighted by molar-refractivity contribution is 0.0951. The van der Waals surface area contributed by atoms with Crippen LogP contribution in [0.25, 0.3) is 0 Å². The van der Waals surface area contributed by atoms with E-state index in [9.17, 15) is 0 Å². The maximum absolute atomic E-state index is 6.08. The highest BCUT2D eigenvalue weighted by molar-refractivity contribution is 5.24. The minimum atomic E-state index is -0.0726. The maximum atomic E-state index is 6.08. The molecule has 1 aromatic rings. The highest BCUT2D eigenvalue weighted by Crippen LogP contribution is 2.38. The Morgan fingerprint density at radius 3 is 2.38 bits per heavy atom. The van der Waals surface area contributed by atoms with Crippen LogP contribution >= 0.6 is 0 Å². The molecule has 2 heterocycles. The van der Waals surface area contributed by atoms with Crippen LogP contribution in [0.3, 0.4) is 0 Å². The zero-order valence-electron chi connectivity index (χ0n) is 9.97. The molecule has 0 fully saturated rings. The van der Waals surface area contributed by atoms with Crippen LogP contribution in [0.15, 0.2) is 36.4 Å². The minimum Gasteiger partial charge on any atom is -0.488 e. The molecule has 0 spiro atoms. The molecule has 0 saturated carbocycles. The van der Waals surface area contributed by atoms with Gasteiger partial charge in [-0.2, -0.15) is 0 Å². The Morgan fingerprint density at radius 1 is 1.25 bits per heavy atom. The van der Waals surface area contributed by atoms with Gasteiger partial charge in [-0.25, -0.2) is 0 Å². The first-order valence-electron chi connectivity index (χ1n) is 5.53. The lowest BCUT2D eigenvalue weighted by Crippen LogP contribution is -2.23. The van der Waals surface area contributed by atoms with Gasteiger partial charge in [0.2, 0.25) is 0 Å². The molecule has 2 unspecified atom stereocenters. The first kappa shape index (κ1) is 11.1. The number of allylic oxidation sites excluding steroid dienone is 1. The van der Waals surface area contributed by atoms with Crippen LogP contribution < -0.4 is 5.73 Å². The fourth-order valence-corrected chi connectivity index (χ4v) is 1.79. The Hall–Kier alpha value is -1.35. The minimum absolute atomic E-state index is 0.0133. The lowest BCUT2D eigenvalue weighted by Gasteiger charge is -2.23. The van der Waals surface area contributed by atoms with Gasteiger partial charge in [0.05, 0.1) is 6.04 Å². The SMILES string of the molecule is CC(C)(C)C1=CC(N)C(c2ccncc2)O1. The molecule has 0 bridgehead atoms. The summed E-state index contributed by atoms with van der Waals surface area (Å²) in [6.45, 7) is 6.38. The summed E-state index contributed by atoms with van der Waals surface area (Å²) in [5.41, 5.74) is 7.17. The molecular formula is C13H18N2O. The van der Waals surface area contributed by atoms with Crippen LogP contribution in [0, 0.1) is 5.41 Å². The van der Waals surface area contributed by atoms with Crippen LogP contribution in [0.2, 0.25) is 0 Å². The summed E-state index contributed by atoms with van der Waals surface area (Å²) in [6.07, 6.45) is 5.48. The van der Waals surface area contributed by atoms with E-state index in [0.717, 1.165) is 11.3 Å². The molecule has 1 aliphatic rings. The smallest absolute Gasteiger partial charge is 0.142 e. The lowest BCUT2D eigenvalue weighted by atomic mass is 9.93. The number of nitrogens with two attached hydrogens (primary N) is 1. The average molecular weight is 218 g/mol. The normalized spacial score (nSPS) is 25.1. The summed E-state index contributed by atoms with van der Waals surface area (Å²) in [5, 5.41) is 0. The van der Waals surface area contributed by atoms with Crippen molar-refractivity contribution >= 4 is 0 Å². The second kappa shape index (κ2) is 3.91. The van der Waals surface area contributed by atoms with Crippen molar-refractivity contribution in [3.63, 3.8) is 0 Å². The van der Waals surface area contributed by atoms with Crippen LogP contribution in [0.4, 0.5) is 0 Å². The van der Waals surface area contributed by atoms with Gasteiger partial charge in [0, 0.05) is 17.8 Å². The predicted octanol–water partition coefficient (Wildman–Crippen LogP) is 2.41. The van der Waals surface area contributed by atoms with E-state index in [4.69, 9.17) is 10.5 Å². The van der Waals surface area contributed by atoms with Gasteiger partial charge in [0.1, 0.15) is 11.9 Å². The van der Waals surface area contributed by atoms with Crippen molar-refractivity contribution in [1.29, 1.82) is 0 Å². The molecule has 86 valence electrons. The molecule has 0 aliphatic carbocycles. The van der Waals surface area contributed by atoms with Gasteiger partial charge in [0.25, 0.3) is 0 Å². The number of nitrogens with zero attached hydrogens (tertiary/aromatic N) is 1. The van der Waals surface area contributed by atoms with Crippen molar-refractivity contribution in [2.75, 3.05) is 0 Å². The van der Waals surface area contributed by atoms with E-state index in [1.165, 1.54) is 0 Å². The fraction of sp³-hybridized carbons (Fsp3) is 0.462. The molecule has 1 aliphatic heterocycles. The van der Waals surface area contributed by atoms with Crippen LogP contribution in [0.1, 0.15) is 32.4 Å². The van der Waals surface area contributed by atoms with Gasteiger partial charge in [-0.3, -0.25) is 4.98 Å². The van der Waals surface area contributed by atoms with Crippen molar-refractivity contribution in [2.45, 2.75) is 32.9 Å². The fourth-order valence-electron chi connectivity index (χ4n) is 1.79. The number of pyridine rings is 1. The summed E-state index contributed by atoms with van der Waals surface area (Å²) >= 11 is 0. The zero-order valence-corrected chi connectivity index (χ0v) is 9.97. The molecule has 3 heteroatoms. The molecule has 0 amide bonds. The maximum Gasteiger partial charge on any atom is 0.142 e. The highest BCUT2D eigenvalue weighted by atomic mass is 16.5. The molecule has 0 aromatic carbocycles. The number of ether oxygens (including phenoxy) is 1. The molecule has 1 aromatic heterocycles. The summed E-state index contributed by atoms with van der Waals surface area (Å²) in [5.74, 6) is 0.974. The van der Waals surface area contributed by atoms with Crippen molar-refractivity contribution in [2.24, 2.45) is 11.1 Å². The third-order valence-corrected chi connectivity index (χ3v) is 2.72. The second-order valence-electron chi connectivity index (χ2n) is 5.18. The summed E-state index contributed by atoms with van der Waals surface area (Å²) < 4.78 is 5.93. The van der Waals surface area contributed by atoms with Gasteiger partial charge in [0.15, 0.2) is 0 Å². The average Bonchev–Trinajstić information content (AvgIpc) is 2.61. The molecule has 0 saturated heterocycles. The number of rotatable bonds is 1. The van der Waals surface area contributed by atoms with Crippen LogP contribution in [0.5, 0.6) is 0 Å². The predicted molar refractivity (Wildman–Crippen MR) is 63.6 cm³/mol. The topological polar surface area (TPSA) is 48.1 Å². The van der Waals surface area contributed by atoms with Crippen molar-refractivity contribution in [3.05, 3.63) is 41.9 Å². The highest BCUT2D eigenvalue weighted by Gasteiger charge is 2.33. The summed E-state index contributed by atoms with van der Waals surface area (Å²) in [6, 6.07) is 3.82. The third kappa shape index (κ3) is 2.09. The third-order valence-electron chi connectivity index (χ3n) is 2.72. The van der Waals surface area contributed by atoms with Gasteiger partial charge < -0.3 is 10.5 Å². The van der Waals surface area contributed by atoms with Gasteiger partial charge in [-0.1, -0.05) is 20.8 Å². The van der Waals surface area contributed by atoms with Gasteiger partial charge in [-0.15, -0.1) is 0 Å². The van der Waals surface area contributed by atoms with Gasteiger partial charge in [-0.05, 0) is 23.8 Å². The van der Waals surface area contributed by atoms with E-state index in [-0.39, 0.29) is 17.6 Å². The van der Waals surface area contributed by atoms with E-state index in [0.29, 0.717) is 0 Å². The Kier molecular flexibility index (Phi) is 2.72. The first-order chi connectivity index (χ1) is 7.48. The van der Waals surface area contributed by atoms with Crippen molar-refractivity contribution in [3.8, 4) is 0 Å².